The number of nitriles is 1. The van der Waals surface area contributed by atoms with Crippen molar-refractivity contribution in [1.82, 2.24) is 14.8 Å². The van der Waals surface area contributed by atoms with E-state index in [2.05, 4.69) is 16.2 Å². The average molecular weight is 219 g/mol. The minimum absolute atomic E-state index is 0.301. The molecule has 0 atom stereocenters. The number of nitrogens with zero attached hydrogens (tertiary/aromatic N) is 4. The summed E-state index contributed by atoms with van der Waals surface area (Å²) in [5.74, 6) is 0. The zero-order chi connectivity index (χ0) is 10.7. The van der Waals surface area contributed by atoms with E-state index in [4.69, 9.17) is 16.9 Å². The smallest absolute Gasteiger partial charge is 0.138 e. The summed E-state index contributed by atoms with van der Waals surface area (Å²) in [5.41, 5.74) is 1.67. The number of benzene rings is 1. The Kier molecular flexibility index (Phi) is 2.66. The number of hydrogen-bond acceptors (Lipinski definition) is 3. The molecule has 0 bridgehead atoms. The van der Waals surface area contributed by atoms with Crippen LogP contribution in [-0.2, 0) is 6.42 Å². The van der Waals surface area contributed by atoms with Crippen molar-refractivity contribution in [1.29, 1.82) is 5.26 Å². The number of hydrogen-bond donors (Lipinski definition) is 0. The maximum absolute atomic E-state index is 8.69. The van der Waals surface area contributed by atoms with Crippen molar-refractivity contribution in [2.24, 2.45) is 0 Å². The van der Waals surface area contributed by atoms with Crippen molar-refractivity contribution in [2.45, 2.75) is 6.42 Å². The zero-order valence-electron chi connectivity index (χ0n) is 7.76. The minimum atomic E-state index is 0.301. The zero-order valence-corrected chi connectivity index (χ0v) is 8.52. The van der Waals surface area contributed by atoms with E-state index in [1.54, 1.807) is 23.1 Å². The Morgan fingerprint density at radius 1 is 1.47 bits per heavy atom. The molecule has 1 heterocycles. The van der Waals surface area contributed by atoms with Gasteiger partial charge < -0.3 is 0 Å². The molecule has 0 unspecified atom stereocenters. The SMILES string of the molecule is N#CCc1cc(Cl)ccc1-n1cncn1. The highest BCUT2D eigenvalue weighted by atomic mass is 35.5. The van der Waals surface area contributed by atoms with E-state index >= 15 is 0 Å². The molecule has 0 aliphatic heterocycles. The molecule has 1 aromatic carbocycles. The van der Waals surface area contributed by atoms with E-state index in [-0.39, 0.29) is 0 Å². The lowest BCUT2D eigenvalue weighted by molar-refractivity contribution is 0.867. The van der Waals surface area contributed by atoms with Gasteiger partial charge in [-0.1, -0.05) is 11.6 Å². The van der Waals surface area contributed by atoms with Crippen LogP contribution in [0.4, 0.5) is 0 Å². The average Bonchev–Trinajstić information content (AvgIpc) is 2.71. The quantitative estimate of drug-likeness (QED) is 0.775. The van der Waals surface area contributed by atoms with Gasteiger partial charge in [0, 0.05) is 5.02 Å². The lowest BCUT2D eigenvalue weighted by Gasteiger charge is -2.06. The molecule has 0 aliphatic rings. The van der Waals surface area contributed by atoms with Crippen LogP contribution < -0.4 is 0 Å². The topological polar surface area (TPSA) is 54.5 Å². The first kappa shape index (κ1) is 9.69. The van der Waals surface area contributed by atoms with Gasteiger partial charge in [0.25, 0.3) is 0 Å². The first-order chi connectivity index (χ1) is 7.31. The van der Waals surface area contributed by atoms with Gasteiger partial charge in [-0.25, -0.2) is 9.67 Å². The largest absolute Gasteiger partial charge is 0.223 e. The van der Waals surface area contributed by atoms with Crippen LogP contribution in [0.1, 0.15) is 5.56 Å². The third-order valence-corrected chi connectivity index (χ3v) is 2.21. The van der Waals surface area contributed by atoms with Gasteiger partial charge >= 0.3 is 0 Å². The summed E-state index contributed by atoms with van der Waals surface area (Å²) in [4.78, 5) is 3.86. The van der Waals surface area contributed by atoms with Gasteiger partial charge in [0.1, 0.15) is 12.7 Å². The number of aromatic nitrogens is 3. The summed E-state index contributed by atoms with van der Waals surface area (Å²) in [5, 5.41) is 13.3. The second-order valence-electron chi connectivity index (χ2n) is 2.95. The fourth-order valence-electron chi connectivity index (χ4n) is 1.34. The second-order valence-corrected chi connectivity index (χ2v) is 3.38. The van der Waals surface area contributed by atoms with Crippen molar-refractivity contribution in [3.05, 3.63) is 41.4 Å². The highest BCUT2D eigenvalue weighted by Crippen LogP contribution is 2.19. The first-order valence-electron chi connectivity index (χ1n) is 4.31. The van der Waals surface area contributed by atoms with Gasteiger partial charge in [-0.2, -0.15) is 10.4 Å². The van der Waals surface area contributed by atoms with Crippen LogP contribution in [0.5, 0.6) is 0 Å². The fraction of sp³-hybridized carbons (Fsp3) is 0.100. The van der Waals surface area contributed by atoms with Crippen molar-refractivity contribution in [3.8, 4) is 11.8 Å². The second kappa shape index (κ2) is 4.11. The van der Waals surface area contributed by atoms with Crippen LogP contribution in [0.3, 0.4) is 0 Å². The van der Waals surface area contributed by atoms with E-state index in [9.17, 15) is 0 Å². The van der Waals surface area contributed by atoms with E-state index < -0.39 is 0 Å². The van der Waals surface area contributed by atoms with E-state index in [1.165, 1.54) is 6.33 Å². The monoisotopic (exact) mass is 218 g/mol. The Labute approximate surface area is 91.7 Å². The molecular formula is C10H7ClN4. The molecular weight excluding hydrogens is 212 g/mol. The van der Waals surface area contributed by atoms with E-state index in [1.807, 2.05) is 6.07 Å². The third-order valence-electron chi connectivity index (χ3n) is 1.98. The number of halogens is 1. The molecule has 0 saturated heterocycles. The summed E-state index contributed by atoms with van der Waals surface area (Å²) < 4.78 is 1.61. The lowest BCUT2D eigenvalue weighted by Crippen LogP contribution is -1.99. The Hall–Kier alpha value is -1.86. The molecule has 0 N–H and O–H groups in total. The van der Waals surface area contributed by atoms with Gasteiger partial charge in [0.05, 0.1) is 18.2 Å². The fourth-order valence-corrected chi connectivity index (χ4v) is 1.53. The van der Waals surface area contributed by atoms with E-state index in [0.29, 0.717) is 11.4 Å². The third kappa shape index (κ3) is 1.97. The molecule has 0 radical (unpaired) electrons. The Balaban J connectivity index is 2.52. The van der Waals surface area contributed by atoms with Crippen molar-refractivity contribution >= 4 is 11.6 Å². The lowest BCUT2D eigenvalue weighted by atomic mass is 10.1. The summed E-state index contributed by atoms with van der Waals surface area (Å²) in [6.07, 6.45) is 3.34. The van der Waals surface area contributed by atoms with E-state index in [0.717, 1.165) is 11.3 Å². The van der Waals surface area contributed by atoms with Crippen LogP contribution >= 0.6 is 11.6 Å². The molecule has 74 valence electrons. The van der Waals surface area contributed by atoms with Gasteiger partial charge in [-0.05, 0) is 23.8 Å². The molecule has 0 aliphatic carbocycles. The standard InChI is InChI=1S/C10H7ClN4/c11-9-1-2-10(8(5-9)3-4-12)15-7-13-6-14-15/h1-2,5-7H,3H2. The maximum atomic E-state index is 8.69. The van der Waals surface area contributed by atoms with Crippen molar-refractivity contribution < 1.29 is 0 Å². The summed E-state index contributed by atoms with van der Waals surface area (Å²) in [6.45, 7) is 0. The van der Waals surface area contributed by atoms with Gasteiger partial charge in [0.15, 0.2) is 0 Å². The molecule has 5 heteroatoms. The van der Waals surface area contributed by atoms with Crippen molar-refractivity contribution in [2.75, 3.05) is 0 Å². The van der Waals surface area contributed by atoms with Gasteiger partial charge in [-0.15, -0.1) is 0 Å². The van der Waals surface area contributed by atoms with Gasteiger partial charge in [0.2, 0.25) is 0 Å². The van der Waals surface area contributed by atoms with Crippen LogP contribution in [-0.4, -0.2) is 14.8 Å². The molecule has 15 heavy (non-hydrogen) atoms. The number of rotatable bonds is 2. The predicted molar refractivity (Wildman–Crippen MR) is 55.7 cm³/mol. The maximum Gasteiger partial charge on any atom is 0.138 e. The minimum Gasteiger partial charge on any atom is -0.223 e. The molecule has 0 fully saturated rings. The Morgan fingerprint density at radius 3 is 3.00 bits per heavy atom. The molecule has 0 amide bonds. The van der Waals surface area contributed by atoms with Crippen LogP contribution in [0.25, 0.3) is 5.69 Å². The van der Waals surface area contributed by atoms with Crippen LogP contribution in [0.2, 0.25) is 5.02 Å². The highest BCUT2D eigenvalue weighted by molar-refractivity contribution is 6.30. The van der Waals surface area contributed by atoms with Gasteiger partial charge in [-0.3, -0.25) is 0 Å². The summed E-state index contributed by atoms with van der Waals surface area (Å²) in [7, 11) is 0. The van der Waals surface area contributed by atoms with Crippen molar-refractivity contribution in [3.63, 3.8) is 0 Å². The van der Waals surface area contributed by atoms with Crippen LogP contribution in [0, 0.1) is 11.3 Å². The summed E-state index contributed by atoms with van der Waals surface area (Å²) in [6, 6.07) is 7.45. The Morgan fingerprint density at radius 2 is 2.33 bits per heavy atom. The molecule has 0 saturated carbocycles. The molecule has 1 aromatic heterocycles. The molecule has 2 aromatic rings. The predicted octanol–water partition coefficient (Wildman–Crippen LogP) is 1.99. The molecule has 4 nitrogen and oxygen atoms in total. The summed E-state index contributed by atoms with van der Waals surface area (Å²) >= 11 is 5.86. The van der Waals surface area contributed by atoms with Crippen LogP contribution in [0.15, 0.2) is 30.9 Å². The highest BCUT2D eigenvalue weighted by Gasteiger charge is 2.05. The normalized spacial score (nSPS) is 9.87. The Bertz CT molecular complexity index is 499. The first-order valence-corrected chi connectivity index (χ1v) is 4.69. The molecule has 0 spiro atoms. The molecule has 2 rings (SSSR count).